The summed E-state index contributed by atoms with van der Waals surface area (Å²) in [6, 6.07) is 0. The summed E-state index contributed by atoms with van der Waals surface area (Å²) in [7, 11) is 1.85. The summed E-state index contributed by atoms with van der Waals surface area (Å²) in [6.07, 6.45) is 1.02. The van der Waals surface area contributed by atoms with Crippen molar-refractivity contribution in [1.82, 2.24) is 14.8 Å². The number of aryl methyl sites for hydroxylation is 1. The number of hydrogen-bond acceptors (Lipinski definition) is 4. The van der Waals surface area contributed by atoms with E-state index in [0.29, 0.717) is 5.69 Å². The fourth-order valence-electron chi connectivity index (χ4n) is 1.30. The van der Waals surface area contributed by atoms with Gasteiger partial charge in [-0.05, 0) is 6.92 Å². The highest BCUT2D eigenvalue weighted by Gasteiger charge is 2.17. The van der Waals surface area contributed by atoms with Crippen molar-refractivity contribution < 1.29 is 5.11 Å². The fourth-order valence-corrected chi connectivity index (χ4v) is 1.87. The van der Waals surface area contributed by atoms with E-state index in [0.717, 1.165) is 11.3 Å². The third kappa shape index (κ3) is 1.44. The van der Waals surface area contributed by atoms with Crippen LogP contribution in [-0.4, -0.2) is 19.9 Å². The van der Waals surface area contributed by atoms with Gasteiger partial charge in [-0.2, -0.15) is 5.10 Å². The Bertz CT molecular complexity index is 421. The van der Waals surface area contributed by atoms with Crippen molar-refractivity contribution in [2.45, 2.75) is 13.0 Å². The van der Waals surface area contributed by atoms with Crippen molar-refractivity contribution in [3.63, 3.8) is 0 Å². The lowest BCUT2D eigenvalue weighted by Gasteiger charge is -2.06. The van der Waals surface area contributed by atoms with E-state index in [1.54, 1.807) is 16.4 Å². The summed E-state index contributed by atoms with van der Waals surface area (Å²) in [5.41, 5.74) is 4.18. The van der Waals surface area contributed by atoms with Crippen LogP contribution in [0.1, 0.15) is 23.1 Å². The van der Waals surface area contributed by atoms with Crippen molar-refractivity contribution in [3.05, 3.63) is 34.0 Å². The van der Waals surface area contributed by atoms with Gasteiger partial charge in [-0.25, -0.2) is 4.98 Å². The Labute approximate surface area is 85.8 Å². The van der Waals surface area contributed by atoms with Crippen LogP contribution in [0.25, 0.3) is 0 Å². The highest BCUT2D eigenvalue weighted by atomic mass is 32.1. The maximum absolute atomic E-state index is 9.97. The molecule has 0 amide bonds. The van der Waals surface area contributed by atoms with Crippen molar-refractivity contribution in [2.24, 2.45) is 7.05 Å². The molecule has 1 unspecified atom stereocenters. The van der Waals surface area contributed by atoms with Gasteiger partial charge in [-0.1, -0.05) is 0 Å². The number of nitrogens with zero attached hydrogens (tertiary/aromatic N) is 3. The van der Waals surface area contributed by atoms with Gasteiger partial charge in [-0.15, -0.1) is 11.3 Å². The van der Waals surface area contributed by atoms with Gasteiger partial charge in [0.15, 0.2) is 0 Å². The van der Waals surface area contributed by atoms with Crippen LogP contribution in [0.4, 0.5) is 0 Å². The first-order chi connectivity index (χ1) is 6.70. The lowest BCUT2D eigenvalue weighted by molar-refractivity contribution is 0.215. The number of thiazole rings is 1. The molecule has 0 aliphatic rings. The van der Waals surface area contributed by atoms with E-state index < -0.39 is 6.10 Å². The van der Waals surface area contributed by atoms with Crippen LogP contribution in [0, 0.1) is 6.92 Å². The minimum absolute atomic E-state index is 0.657. The second-order valence-electron chi connectivity index (χ2n) is 3.12. The SMILES string of the molecule is Cc1c(C(O)c2cscn2)cnn1C. The highest BCUT2D eigenvalue weighted by Crippen LogP contribution is 2.23. The van der Waals surface area contributed by atoms with Gasteiger partial charge in [0, 0.05) is 23.7 Å². The number of aliphatic hydroxyl groups is 1. The maximum atomic E-state index is 9.97. The smallest absolute Gasteiger partial charge is 0.125 e. The fraction of sp³-hybridized carbons (Fsp3) is 0.333. The molecule has 0 saturated carbocycles. The molecule has 0 spiro atoms. The number of aromatic nitrogens is 3. The van der Waals surface area contributed by atoms with Crippen LogP contribution in [-0.2, 0) is 7.05 Å². The Balaban J connectivity index is 2.36. The van der Waals surface area contributed by atoms with E-state index in [-0.39, 0.29) is 0 Å². The molecule has 2 rings (SSSR count). The third-order valence-electron chi connectivity index (χ3n) is 2.30. The molecule has 4 nitrogen and oxygen atoms in total. The molecule has 2 heterocycles. The largest absolute Gasteiger partial charge is 0.382 e. The van der Waals surface area contributed by atoms with E-state index in [2.05, 4.69) is 10.1 Å². The lowest BCUT2D eigenvalue weighted by Crippen LogP contribution is -2.02. The summed E-state index contributed by atoms with van der Waals surface area (Å²) in [6.45, 7) is 1.93. The Kier molecular flexibility index (Phi) is 2.35. The average Bonchev–Trinajstić information content (AvgIpc) is 2.77. The third-order valence-corrected chi connectivity index (χ3v) is 2.90. The number of rotatable bonds is 2. The second-order valence-corrected chi connectivity index (χ2v) is 3.84. The Morgan fingerprint density at radius 3 is 2.86 bits per heavy atom. The minimum Gasteiger partial charge on any atom is -0.382 e. The zero-order chi connectivity index (χ0) is 10.1. The summed E-state index contributed by atoms with van der Waals surface area (Å²) in [4.78, 5) is 4.07. The molecule has 2 aromatic rings. The van der Waals surface area contributed by atoms with Gasteiger partial charge in [0.25, 0.3) is 0 Å². The number of aliphatic hydroxyl groups excluding tert-OH is 1. The normalized spacial score (nSPS) is 13.1. The minimum atomic E-state index is -0.657. The molecule has 14 heavy (non-hydrogen) atoms. The Hall–Kier alpha value is -1.20. The van der Waals surface area contributed by atoms with Gasteiger partial charge < -0.3 is 5.11 Å². The molecule has 1 N–H and O–H groups in total. The first-order valence-electron chi connectivity index (χ1n) is 4.25. The molecule has 0 aromatic carbocycles. The monoisotopic (exact) mass is 209 g/mol. The van der Waals surface area contributed by atoms with E-state index in [1.165, 1.54) is 11.3 Å². The topological polar surface area (TPSA) is 50.9 Å². The predicted octanol–water partition coefficient (Wildman–Crippen LogP) is 1.27. The summed E-state index contributed by atoms with van der Waals surface area (Å²) < 4.78 is 1.74. The number of hydrogen-bond donors (Lipinski definition) is 1. The first kappa shape index (κ1) is 9.36. The molecule has 0 fully saturated rings. The average molecular weight is 209 g/mol. The van der Waals surface area contributed by atoms with Crippen molar-refractivity contribution in [2.75, 3.05) is 0 Å². The van der Waals surface area contributed by atoms with Crippen LogP contribution in [0.2, 0.25) is 0 Å². The molecule has 0 radical (unpaired) electrons. The molecule has 0 aliphatic carbocycles. The second kappa shape index (κ2) is 3.51. The molecule has 1 atom stereocenters. The molecular weight excluding hydrogens is 198 g/mol. The van der Waals surface area contributed by atoms with Gasteiger partial charge in [0.2, 0.25) is 0 Å². The van der Waals surface area contributed by atoms with Crippen LogP contribution < -0.4 is 0 Å². The Morgan fingerprint density at radius 2 is 2.36 bits per heavy atom. The van der Waals surface area contributed by atoms with Crippen molar-refractivity contribution in [1.29, 1.82) is 0 Å². The van der Waals surface area contributed by atoms with Crippen LogP contribution in [0.15, 0.2) is 17.1 Å². The van der Waals surface area contributed by atoms with E-state index in [9.17, 15) is 5.11 Å². The zero-order valence-corrected chi connectivity index (χ0v) is 8.82. The summed E-state index contributed by atoms with van der Waals surface area (Å²) in [5.74, 6) is 0. The standard InChI is InChI=1S/C9H11N3OS/c1-6-7(3-11-12(6)2)9(13)8-4-14-5-10-8/h3-5,9,13H,1-2H3. The predicted molar refractivity (Wildman–Crippen MR) is 54.1 cm³/mol. The van der Waals surface area contributed by atoms with Gasteiger partial charge in [0.05, 0.1) is 17.4 Å². The molecule has 0 bridgehead atoms. The van der Waals surface area contributed by atoms with Gasteiger partial charge in [-0.3, -0.25) is 4.68 Å². The first-order valence-corrected chi connectivity index (χ1v) is 5.19. The highest BCUT2D eigenvalue weighted by molar-refractivity contribution is 7.07. The summed E-state index contributed by atoms with van der Waals surface area (Å²) >= 11 is 1.48. The maximum Gasteiger partial charge on any atom is 0.125 e. The van der Waals surface area contributed by atoms with Gasteiger partial charge in [0.1, 0.15) is 6.10 Å². The van der Waals surface area contributed by atoms with Crippen LogP contribution >= 0.6 is 11.3 Å². The molecule has 74 valence electrons. The van der Waals surface area contributed by atoms with Crippen molar-refractivity contribution in [3.8, 4) is 0 Å². The molecule has 0 saturated heterocycles. The molecule has 0 aliphatic heterocycles. The summed E-state index contributed by atoms with van der Waals surface area (Å²) in [5, 5.41) is 15.9. The van der Waals surface area contributed by atoms with Crippen LogP contribution in [0.3, 0.4) is 0 Å². The van der Waals surface area contributed by atoms with Gasteiger partial charge >= 0.3 is 0 Å². The molecule has 5 heteroatoms. The molecular formula is C9H11N3OS. The van der Waals surface area contributed by atoms with Crippen LogP contribution in [0.5, 0.6) is 0 Å². The van der Waals surface area contributed by atoms with Crippen molar-refractivity contribution >= 4 is 11.3 Å². The Morgan fingerprint density at radius 1 is 1.57 bits per heavy atom. The molecule has 2 aromatic heterocycles. The van der Waals surface area contributed by atoms with E-state index >= 15 is 0 Å². The lowest BCUT2D eigenvalue weighted by atomic mass is 10.1. The quantitative estimate of drug-likeness (QED) is 0.810. The van der Waals surface area contributed by atoms with E-state index in [1.807, 2.05) is 19.4 Å². The zero-order valence-electron chi connectivity index (χ0n) is 8.01. The van der Waals surface area contributed by atoms with E-state index in [4.69, 9.17) is 0 Å².